The fourth-order valence-electron chi connectivity index (χ4n) is 2.10. The van der Waals surface area contributed by atoms with E-state index < -0.39 is 5.54 Å². The first-order chi connectivity index (χ1) is 8.53. The van der Waals surface area contributed by atoms with Gasteiger partial charge in [0, 0.05) is 13.1 Å². The van der Waals surface area contributed by atoms with E-state index in [0.29, 0.717) is 13.1 Å². The van der Waals surface area contributed by atoms with Crippen LogP contribution in [0.3, 0.4) is 0 Å². The fraction of sp³-hybridized carbons (Fsp3) is 0.846. The summed E-state index contributed by atoms with van der Waals surface area (Å²) in [6, 6.07) is 0. The number of amides is 2. The van der Waals surface area contributed by atoms with Crippen LogP contribution in [0.5, 0.6) is 0 Å². The molecule has 18 heavy (non-hydrogen) atoms. The molecule has 1 fully saturated rings. The lowest BCUT2D eigenvalue weighted by Gasteiger charge is -2.40. The smallest absolute Gasteiger partial charge is 0.243 e. The Labute approximate surface area is 109 Å². The van der Waals surface area contributed by atoms with Gasteiger partial charge in [0.1, 0.15) is 0 Å². The lowest BCUT2D eigenvalue weighted by atomic mass is 9.76. The van der Waals surface area contributed by atoms with E-state index in [1.165, 1.54) is 0 Å². The maximum Gasteiger partial charge on any atom is 0.243 e. The molecule has 5 nitrogen and oxygen atoms in total. The van der Waals surface area contributed by atoms with E-state index in [9.17, 15) is 9.59 Å². The van der Waals surface area contributed by atoms with E-state index in [2.05, 4.69) is 5.32 Å². The minimum atomic E-state index is -0.708. The zero-order valence-electron chi connectivity index (χ0n) is 11.5. The number of nitrogens with one attached hydrogen (secondary N) is 1. The van der Waals surface area contributed by atoms with Crippen molar-refractivity contribution in [1.29, 1.82) is 0 Å². The Kier molecular flexibility index (Phi) is 5.59. The number of nitrogens with zero attached hydrogens (tertiary/aromatic N) is 1. The highest BCUT2D eigenvalue weighted by Crippen LogP contribution is 2.30. The van der Waals surface area contributed by atoms with E-state index in [4.69, 9.17) is 5.73 Å². The molecular weight excluding hydrogens is 230 g/mol. The van der Waals surface area contributed by atoms with Gasteiger partial charge >= 0.3 is 0 Å². The number of carbonyl (C=O) groups is 2. The SMILES string of the molecule is CCCNC(=O)CN(CCC)C(=O)C1(N)CCC1. The van der Waals surface area contributed by atoms with Crippen molar-refractivity contribution in [2.24, 2.45) is 5.73 Å². The summed E-state index contributed by atoms with van der Waals surface area (Å²) >= 11 is 0. The number of hydrogen-bond donors (Lipinski definition) is 2. The van der Waals surface area contributed by atoms with Crippen molar-refractivity contribution >= 4 is 11.8 Å². The topological polar surface area (TPSA) is 75.4 Å². The molecule has 0 saturated heterocycles. The minimum absolute atomic E-state index is 0.0674. The molecule has 0 heterocycles. The summed E-state index contributed by atoms with van der Waals surface area (Å²) < 4.78 is 0. The van der Waals surface area contributed by atoms with Crippen LogP contribution in [0.15, 0.2) is 0 Å². The van der Waals surface area contributed by atoms with Crippen LogP contribution in [-0.4, -0.2) is 41.9 Å². The predicted octanol–water partition coefficient (Wildman–Crippen LogP) is 0.633. The molecule has 0 aromatic carbocycles. The van der Waals surface area contributed by atoms with E-state index in [0.717, 1.165) is 32.1 Å². The molecule has 0 aromatic rings. The van der Waals surface area contributed by atoms with Crippen molar-refractivity contribution in [3.63, 3.8) is 0 Å². The van der Waals surface area contributed by atoms with Crippen molar-refractivity contribution in [3.05, 3.63) is 0 Å². The zero-order chi connectivity index (χ0) is 13.6. The number of rotatable bonds is 7. The van der Waals surface area contributed by atoms with Gasteiger partial charge in [0.25, 0.3) is 0 Å². The van der Waals surface area contributed by atoms with Crippen molar-refractivity contribution in [3.8, 4) is 0 Å². The van der Waals surface area contributed by atoms with Gasteiger partial charge < -0.3 is 16.0 Å². The minimum Gasteiger partial charge on any atom is -0.355 e. The molecular formula is C13H25N3O2. The summed E-state index contributed by atoms with van der Waals surface area (Å²) in [5.74, 6) is -0.163. The van der Waals surface area contributed by atoms with Crippen LogP contribution in [0.4, 0.5) is 0 Å². The molecule has 0 unspecified atom stereocenters. The van der Waals surface area contributed by atoms with E-state index in [1.54, 1.807) is 4.90 Å². The molecule has 3 N–H and O–H groups in total. The second-order valence-corrected chi connectivity index (χ2v) is 5.09. The Balaban J connectivity index is 2.53. The van der Waals surface area contributed by atoms with Crippen LogP contribution < -0.4 is 11.1 Å². The second-order valence-electron chi connectivity index (χ2n) is 5.09. The second kappa shape index (κ2) is 6.73. The van der Waals surface area contributed by atoms with Crippen LogP contribution in [-0.2, 0) is 9.59 Å². The first kappa shape index (κ1) is 15.0. The van der Waals surface area contributed by atoms with Gasteiger partial charge in [-0.15, -0.1) is 0 Å². The Morgan fingerprint density at radius 3 is 2.39 bits per heavy atom. The van der Waals surface area contributed by atoms with Crippen molar-refractivity contribution < 1.29 is 9.59 Å². The quantitative estimate of drug-likeness (QED) is 0.700. The predicted molar refractivity (Wildman–Crippen MR) is 70.9 cm³/mol. The maximum atomic E-state index is 12.3. The van der Waals surface area contributed by atoms with Crippen LogP contribution in [0.1, 0.15) is 46.0 Å². The molecule has 1 aliphatic rings. The molecule has 0 aromatic heterocycles. The molecule has 0 aliphatic heterocycles. The van der Waals surface area contributed by atoms with E-state index in [1.807, 2.05) is 13.8 Å². The normalized spacial score (nSPS) is 16.8. The van der Waals surface area contributed by atoms with Crippen LogP contribution >= 0.6 is 0 Å². The highest BCUT2D eigenvalue weighted by Gasteiger charge is 2.42. The van der Waals surface area contributed by atoms with Crippen molar-refractivity contribution in [1.82, 2.24) is 10.2 Å². The first-order valence-corrected chi connectivity index (χ1v) is 6.88. The van der Waals surface area contributed by atoms with E-state index >= 15 is 0 Å². The molecule has 1 saturated carbocycles. The fourth-order valence-corrected chi connectivity index (χ4v) is 2.10. The number of carbonyl (C=O) groups excluding carboxylic acids is 2. The Morgan fingerprint density at radius 1 is 1.28 bits per heavy atom. The Hall–Kier alpha value is -1.10. The summed E-state index contributed by atoms with van der Waals surface area (Å²) in [6.45, 7) is 5.37. The average molecular weight is 255 g/mol. The van der Waals surface area contributed by atoms with Crippen molar-refractivity contribution in [2.75, 3.05) is 19.6 Å². The molecule has 0 radical (unpaired) electrons. The molecule has 5 heteroatoms. The maximum absolute atomic E-state index is 12.3. The third-order valence-electron chi connectivity index (χ3n) is 3.36. The van der Waals surface area contributed by atoms with Crippen LogP contribution in [0.25, 0.3) is 0 Å². The third kappa shape index (κ3) is 3.70. The highest BCUT2D eigenvalue weighted by atomic mass is 16.2. The van der Waals surface area contributed by atoms with E-state index in [-0.39, 0.29) is 18.4 Å². The summed E-state index contributed by atoms with van der Waals surface area (Å²) in [6.07, 6.45) is 4.21. The lowest BCUT2D eigenvalue weighted by molar-refractivity contribution is -0.143. The standard InChI is InChI=1S/C13H25N3O2/c1-3-8-15-11(17)10-16(9-4-2)12(18)13(14)6-5-7-13/h3-10,14H2,1-2H3,(H,15,17). The van der Waals surface area contributed by atoms with Gasteiger partial charge in [0.2, 0.25) is 11.8 Å². The molecule has 1 aliphatic carbocycles. The van der Waals surface area contributed by atoms with Gasteiger partial charge in [0.15, 0.2) is 0 Å². The van der Waals surface area contributed by atoms with Crippen LogP contribution in [0.2, 0.25) is 0 Å². The number of nitrogens with two attached hydrogens (primary N) is 1. The van der Waals surface area contributed by atoms with Crippen molar-refractivity contribution in [2.45, 2.75) is 51.5 Å². The van der Waals surface area contributed by atoms with Crippen LogP contribution in [0, 0.1) is 0 Å². The molecule has 2 amide bonds. The largest absolute Gasteiger partial charge is 0.355 e. The molecule has 0 spiro atoms. The molecule has 1 rings (SSSR count). The summed E-state index contributed by atoms with van der Waals surface area (Å²) in [5.41, 5.74) is 5.32. The molecule has 104 valence electrons. The van der Waals surface area contributed by atoms with Gasteiger partial charge in [-0.05, 0) is 32.1 Å². The lowest BCUT2D eigenvalue weighted by Crippen LogP contribution is -2.60. The average Bonchev–Trinajstić information content (AvgIpc) is 2.32. The number of hydrogen-bond acceptors (Lipinski definition) is 3. The highest BCUT2D eigenvalue weighted by molar-refractivity contribution is 5.90. The molecule has 0 atom stereocenters. The molecule has 0 bridgehead atoms. The monoisotopic (exact) mass is 255 g/mol. The summed E-state index contributed by atoms with van der Waals surface area (Å²) in [4.78, 5) is 25.5. The summed E-state index contributed by atoms with van der Waals surface area (Å²) in [5, 5.41) is 2.79. The third-order valence-corrected chi connectivity index (χ3v) is 3.36. The van der Waals surface area contributed by atoms with Gasteiger partial charge in [0.05, 0.1) is 12.1 Å². The summed E-state index contributed by atoms with van der Waals surface area (Å²) in [7, 11) is 0. The first-order valence-electron chi connectivity index (χ1n) is 6.88. The Morgan fingerprint density at radius 2 is 1.94 bits per heavy atom. The van der Waals surface area contributed by atoms with Gasteiger partial charge in [-0.25, -0.2) is 0 Å². The zero-order valence-corrected chi connectivity index (χ0v) is 11.5. The van der Waals surface area contributed by atoms with Gasteiger partial charge in [-0.1, -0.05) is 13.8 Å². The van der Waals surface area contributed by atoms with Gasteiger partial charge in [-0.2, -0.15) is 0 Å². The Bertz CT molecular complexity index is 301. The van der Waals surface area contributed by atoms with Gasteiger partial charge in [-0.3, -0.25) is 9.59 Å².